The Labute approximate surface area is 157 Å². The fourth-order valence-electron chi connectivity index (χ4n) is 3.31. The van der Waals surface area contributed by atoms with Gasteiger partial charge in [-0.2, -0.15) is 4.58 Å². The number of likely N-dealkylation sites (tertiary alicyclic amines) is 1. The smallest absolute Gasteiger partial charge is 0.321 e. The van der Waals surface area contributed by atoms with E-state index in [2.05, 4.69) is 0 Å². The summed E-state index contributed by atoms with van der Waals surface area (Å²) in [6.45, 7) is 3.22. The van der Waals surface area contributed by atoms with Gasteiger partial charge in [-0.25, -0.2) is 0 Å². The molecule has 2 atom stereocenters. The average Bonchev–Trinajstić information content (AvgIpc) is 2.84. The number of carbonyl (C=O) groups is 2. The SMILES string of the molecule is [2H]C1N(C(=O)[O-])CCC2(N([2H])C(=O)C(c3ccc(Cl)cc3)=[N+]2C(C)(C)C)C1([2H])[2H]. The van der Waals surface area contributed by atoms with Crippen LogP contribution in [0.2, 0.25) is 6.43 Å². The number of carboxylic acid groups (broad SMARTS) is 1. The summed E-state index contributed by atoms with van der Waals surface area (Å²) < 4.78 is 35.6. The van der Waals surface area contributed by atoms with Crippen LogP contribution in [0.4, 0.5) is 4.79 Å². The normalized spacial score (nSPS) is 31.7. The Morgan fingerprint density at radius 3 is 2.64 bits per heavy atom. The maximum atomic E-state index is 13.2. The summed E-state index contributed by atoms with van der Waals surface area (Å²) in [5, 5.41) is 12.4. The molecule has 134 valence electrons. The summed E-state index contributed by atoms with van der Waals surface area (Å²) in [6.07, 6.45) is -4.43. The van der Waals surface area contributed by atoms with E-state index in [1.54, 1.807) is 45.0 Å². The van der Waals surface area contributed by atoms with Gasteiger partial charge in [0.2, 0.25) is 5.66 Å². The van der Waals surface area contributed by atoms with E-state index in [1.807, 2.05) is 0 Å². The van der Waals surface area contributed by atoms with Gasteiger partial charge in [-0.3, -0.25) is 10.1 Å². The molecule has 6 nitrogen and oxygen atoms in total. The van der Waals surface area contributed by atoms with E-state index in [0.29, 0.717) is 20.8 Å². The van der Waals surface area contributed by atoms with Crippen molar-refractivity contribution in [3.63, 3.8) is 0 Å². The Morgan fingerprint density at radius 1 is 1.44 bits per heavy atom. The molecule has 2 unspecified atom stereocenters. The second-order valence-electron chi connectivity index (χ2n) is 7.08. The van der Waals surface area contributed by atoms with E-state index >= 15 is 0 Å². The number of nitrogens with one attached hydrogen (secondary N) is 1. The van der Waals surface area contributed by atoms with Crippen molar-refractivity contribution in [3.05, 3.63) is 34.9 Å². The van der Waals surface area contributed by atoms with Crippen LogP contribution < -0.4 is 10.4 Å². The van der Waals surface area contributed by atoms with Gasteiger partial charge in [-0.1, -0.05) is 11.6 Å². The van der Waals surface area contributed by atoms with Crippen LogP contribution in [0.15, 0.2) is 24.3 Å². The van der Waals surface area contributed by atoms with Gasteiger partial charge in [0.25, 0.3) is 5.71 Å². The van der Waals surface area contributed by atoms with Crippen LogP contribution in [0.3, 0.4) is 0 Å². The van der Waals surface area contributed by atoms with E-state index < -0.39 is 36.1 Å². The third kappa shape index (κ3) is 3.11. The Kier molecular flexibility index (Phi) is 3.17. The predicted octanol–water partition coefficient (Wildman–Crippen LogP) is 1.21. The van der Waals surface area contributed by atoms with Crippen molar-refractivity contribution in [2.24, 2.45) is 0 Å². The minimum absolute atomic E-state index is 0.113. The first kappa shape index (κ1) is 13.2. The number of hydrogen-bond donors (Lipinski definition) is 1. The van der Waals surface area contributed by atoms with Crippen LogP contribution >= 0.6 is 11.6 Å². The molecule has 1 aromatic carbocycles. The second kappa shape index (κ2) is 6.02. The molecule has 7 heteroatoms. The standard InChI is InChI=1S/C18H22ClN3O3/c1-17(2,3)22-14(12-4-6-13(19)7-5-12)15(23)20-18(22)8-10-21(11-9-18)16(24)25/h4-7H,8-11H2,1-3H3,(H-,20,23,24,25)/i8D2,10D/hD. The molecule has 0 saturated carbocycles. The number of piperidine rings is 1. The van der Waals surface area contributed by atoms with Gasteiger partial charge >= 0.3 is 5.91 Å². The molecule has 2 heterocycles. The van der Waals surface area contributed by atoms with Crippen LogP contribution in [0.25, 0.3) is 0 Å². The van der Waals surface area contributed by atoms with Gasteiger partial charge in [0.05, 0.1) is 18.4 Å². The third-order valence-corrected chi connectivity index (χ3v) is 4.51. The summed E-state index contributed by atoms with van der Waals surface area (Å²) in [4.78, 5) is 25.1. The summed E-state index contributed by atoms with van der Waals surface area (Å²) in [5.74, 6) is -0.722. The monoisotopic (exact) mass is 367 g/mol. The average molecular weight is 368 g/mol. The molecule has 1 N–H and O–H groups in total. The van der Waals surface area contributed by atoms with Crippen LogP contribution in [-0.2, 0) is 4.79 Å². The molecule has 3 rings (SSSR count). The van der Waals surface area contributed by atoms with Crippen LogP contribution in [0.1, 0.15) is 43.2 Å². The second-order valence-corrected chi connectivity index (χ2v) is 7.51. The van der Waals surface area contributed by atoms with Crippen LogP contribution in [0, 0.1) is 0 Å². The molecular formula is C18H22ClN3O3. The first-order valence-corrected chi connectivity index (χ1v) is 8.31. The lowest BCUT2D eigenvalue weighted by atomic mass is 9.92. The first-order chi connectivity index (χ1) is 13.3. The van der Waals surface area contributed by atoms with Crippen molar-refractivity contribution in [1.82, 2.24) is 10.2 Å². The van der Waals surface area contributed by atoms with Crippen molar-refractivity contribution in [3.8, 4) is 0 Å². The highest BCUT2D eigenvalue weighted by atomic mass is 35.5. The minimum Gasteiger partial charge on any atom is -0.530 e. The predicted molar refractivity (Wildman–Crippen MR) is 92.7 cm³/mol. The highest BCUT2D eigenvalue weighted by molar-refractivity contribution is 6.44. The molecule has 2 aliphatic heterocycles. The highest BCUT2D eigenvalue weighted by Crippen LogP contribution is 2.33. The lowest BCUT2D eigenvalue weighted by molar-refractivity contribution is -0.668. The van der Waals surface area contributed by atoms with Crippen LogP contribution in [0.5, 0.6) is 0 Å². The van der Waals surface area contributed by atoms with Crippen molar-refractivity contribution < 1.29 is 24.8 Å². The van der Waals surface area contributed by atoms with Gasteiger partial charge in [0.1, 0.15) is 6.09 Å². The fourth-order valence-corrected chi connectivity index (χ4v) is 3.43. The zero-order valence-corrected chi connectivity index (χ0v) is 15.0. The van der Waals surface area contributed by atoms with Crippen LogP contribution in [-0.4, -0.2) is 51.5 Å². The number of rotatable bonds is 1. The Balaban J connectivity index is 2.31. The fraction of sp³-hybridized carbons (Fsp3) is 0.500. The number of carbonyl (C=O) groups excluding carboxylic acids is 2. The summed E-state index contributed by atoms with van der Waals surface area (Å²) in [7, 11) is 0. The molecule has 1 saturated heterocycles. The number of amides is 2. The van der Waals surface area contributed by atoms with E-state index in [-0.39, 0.29) is 18.7 Å². The Morgan fingerprint density at radius 2 is 2.08 bits per heavy atom. The molecule has 0 aliphatic carbocycles. The summed E-state index contributed by atoms with van der Waals surface area (Å²) in [6, 6.07) is 6.42. The lowest BCUT2D eigenvalue weighted by Gasteiger charge is -2.40. The van der Waals surface area contributed by atoms with E-state index in [0.717, 1.165) is 0 Å². The quantitative estimate of drug-likeness (QED) is 0.758. The molecule has 2 amide bonds. The zero-order valence-electron chi connectivity index (χ0n) is 18.2. The number of nitrogens with zero attached hydrogens (tertiary/aromatic N) is 2. The van der Waals surface area contributed by atoms with Crippen molar-refractivity contribution >= 4 is 29.3 Å². The molecule has 25 heavy (non-hydrogen) atoms. The number of hydrogen-bond acceptors (Lipinski definition) is 3. The number of halogens is 1. The highest BCUT2D eigenvalue weighted by Gasteiger charge is 2.57. The van der Waals surface area contributed by atoms with Gasteiger partial charge in [-0.05, 0) is 45.0 Å². The Bertz CT molecular complexity index is 901. The molecule has 0 radical (unpaired) electrons. The van der Waals surface area contributed by atoms with E-state index in [4.69, 9.17) is 17.1 Å². The summed E-state index contributed by atoms with van der Waals surface area (Å²) >= 11 is 5.95. The van der Waals surface area contributed by atoms with Crippen molar-refractivity contribution in [1.29, 1.82) is 0 Å². The Hall–Kier alpha value is -2.08. The topological polar surface area (TPSA) is 75.5 Å². The van der Waals surface area contributed by atoms with E-state index in [1.165, 1.54) is 4.58 Å². The van der Waals surface area contributed by atoms with Crippen molar-refractivity contribution in [2.75, 3.05) is 13.1 Å². The molecule has 1 spiro atoms. The molecule has 2 aliphatic rings. The van der Waals surface area contributed by atoms with Gasteiger partial charge in [0.15, 0.2) is 6.95 Å². The van der Waals surface area contributed by atoms with Gasteiger partial charge < -0.3 is 14.8 Å². The maximum absolute atomic E-state index is 13.2. The summed E-state index contributed by atoms with van der Waals surface area (Å²) in [5.41, 5.74) is -2.11. The maximum Gasteiger partial charge on any atom is 0.321 e. The van der Waals surface area contributed by atoms with Crippen molar-refractivity contribution in [2.45, 2.75) is 44.8 Å². The number of benzene rings is 1. The largest absolute Gasteiger partial charge is 0.530 e. The minimum atomic E-state index is -2.58. The third-order valence-electron chi connectivity index (χ3n) is 4.26. The molecule has 0 bridgehead atoms. The molecule has 1 fully saturated rings. The molecule has 0 aromatic heterocycles. The lowest BCUT2D eigenvalue weighted by Crippen LogP contribution is -2.62. The molecule has 1 aromatic rings. The zero-order chi connectivity index (χ0) is 21.9. The molecular weight excluding hydrogens is 342 g/mol. The van der Waals surface area contributed by atoms with Gasteiger partial charge in [0, 0.05) is 22.2 Å². The first-order valence-electron chi connectivity index (χ1n) is 9.96. The van der Waals surface area contributed by atoms with E-state index in [9.17, 15) is 14.7 Å². The van der Waals surface area contributed by atoms with Gasteiger partial charge in [-0.15, -0.1) is 0 Å².